The van der Waals surface area contributed by atoms with Crippen LogP contribution in [0.2, 0.25) is 0 Å². The predicted molar refractivity (Wildman–Crippen MR) is 122 cm³/mol. The number of halogens is 1. The van der Waals surface area contributed by atoms with Gasteiger partial charge in [0.15, 0.2) is 0 Å². The molecule has 4 heteroatoms. The Morgan fingerprint density at radius 3 is 2.38 bits per heavy atom. The van der Waals surface area contributed by atoms with Crippen LogP contribution in [0.5, 0.6) is 0 Å². The Kier molecular flexibility index (Phi) is 4.72. The van der Waals surface area contributed by atoms with Gasteiger partial charge in [-0.1, -0.05) is 64.5 Å². The van der Waals surface area contributed by atoms with Crippen molar-refractivity contribution in [2.75, 3.05) is 11.4 Å². The average Bonchev–Trinajstić information content (AvgIpc) is 3.07. The number of aromatic nitrogens is 1. The molecule has 0 N–H and O–H groups in total. The summed E-state index contributed by atoms with van der Waals surface area (Å²) in [5.74, 6) is 0.0952. The van der Waals surface area contributed by atoms with Gasteiger partial charge < -0.3 is 9.47 Å². The SMILES string of the molecule is O=C1c2c(c3cc(Br)ccc3n2CCc2ccccc2)CCN1c1ccccc1. The number of fused-ring (bicyclic) bond motifs is 3. The molecule has 0 aliphatic carbocycles. The number of rotatable bonds is 4. The monoisotopic (exact) mass is 444 g/mol. The zero-order valence-electron chi connectivity index (χ0n) is 16.0. The molecule has 0 atom stereocenters. The molecule has 29 heavy (non-hydrogen) atoms. The van der Waals surface area contributed by atoms with Crippen LogP contribution in [0, 0.1) is 0 Å². The smallest absolute Gasteiger partial charge is 0.275 e. The molecule has 0 saturated carbocycles. The van der Waals surface area contributed by atoms with Gasteiger partial charge in [-0.2, -0.15) is 0 Å². The maximum atomic E-state index is 13.6. The summed E-state index contributed by atoms with van der Waals surface area (Å²) in [5, 5.41) is 1.18. The fraction of sp³-hybridized carbons (Fsp3) is 0.160. The van der Waals surface area contributed by atoms with E-state index in [1.54, 1.807) is 0 Å². The number of para-hydroxylation sites is 1. The van der Waals surface area contributed by atoms with Crippen molar-refractivity contribution >= 4 is 38.4 Å². The summed E-state index contributed by atoms with van der Waals surface area (Å²) in [7, 11) is 0. The normalized spacial score (nSPS) is 13.7. The summed E-state index contributed by atoms with van der Waals surface area (Å²) in [5.41, 5.74) is 5.39. The van der Waals surface area contributed by atoms with Crippen LogP contribution < -0.4 is 4.90 Å². The maximum Gasteiger partial charge on any atom is 0.275 e. The second-order valence-electron chi connectivity index (χ2n) is 7.42. The number of hydrogen-bond acceptors (Lipinski definition) is 1. The van der Waals surface area contributed by atoms with Crippen LogP contribution in [-0.4, -0.2) is 17.0 Å². The topological polar surface area (TPSA) is 25.2 Å². The van der Waals surface area contributed by atoms with E-state index in [1.165, 1.54) is 16.5 Å². The molecule has 1 amide bonds. The molecule has 0 spiro atoms. The Balaban J connectivity index is 1.61. The van der Waals surface area contributed by atoms with Crippen molar-refractivity contribution in [3.8, 4) is 0 Å². The van der Waals surface area contributed by atoms with Gasteiger partial charge in [-0.05, 0) is 54.3 Å². The average molecular weight is 445 g/mol. The van der Waals surface area contributed by atoms with Crippen LogP contribution in [0.25, 0.3) is 10.9 Å². The third-order valence-corrected chi connectivity index (χ3v) is 6.19. The number of carbonyl (C=O) groups is 1. The molecule has 0 fully saturated rings. The zero-order valence-corrected chi connectivity index (χ0v) is 17.6. The van der Waals surface area contributed by atoms with Gasteiger partial charge in [0, 0.05) is 34.2 Å². The molecule has 0 unspecified atom stereocenters. The van der Waals surface area contributed by atoms with Crippen LogP contribution in [0.1, 0.15) is 21.6 Å². The second-order valence-corrected chi connectivity index (χ2v) is 8.33. The molecule has 1 aromatic heterocycles. The second kappa shape index (κ2) is 7.53. The highest BCUT2D eigenvalue weighted by Crippen LogP contribution is 2.34. The van der Waals surface area contributed by atoms with Crippen LogP contribution in [-0.2, 0) is 19.4 Å². The number of carbonyl (C=O) groups excluding carboxylic acids is 1. The molecule has 0 radical (unpaired) electrons. The molecule has 1 aliphatic rings. The minimum absolute atomic E-state index is 0.0952. The molecule has 144 valence electrons. The first-order valence-electron chi connectivity index (χ1n) is 9.94. The van der Waals surface area contributed by atoms with E-state index in [9.17, 15) is 4.79 Å². The van der Waals surface area contributed by atoms with Gasteiger partial charge in [-0.25, -0.2) is 0 Å². The largest absolute Gasteiger partial charge is 0.336 e. The van der Waals surface area contributed by atoms with Crippen molar-refractivity contribution in [1.82, 2.24) is 4.57 Å². The van der Waals surface area contributed by atoms with E-state index in [0.29, 0.717) is 6.54 Å². The number of anilines is 1. The predicted octanol–water partition coefficient (Wildman–Crippen LogP) is 5.85. The van der Waals surface area contributed by atoms with Crippen molar-refractivity contribution in [2.45, 2.75) is 19.4 Å². The van der Waals surface area contributed by atoms with Gasteiger partial charge in [0.2, 0.25) is 0 Å². The van der Waals surface area contributed by atoms with Crippen molar-refractivity contribution in [1.29, 1.82) is 0 Å². The number of nitrogens with zero attached hydrogens (tertiary/aromatic N) is 2. The molecular weight excluding hydrogens is 424 g/mol. The number of hydrogen-bond donors (Lipinski definition) is 0. The first kappa shape index (κ1) is 18.2. The van der Waals surface area contributed by atoms with Crippen molar-refractivity contribution < 1.29 is 4.79 Å². The fourth-order valence-corrected chi connectivity index (χ4v) is 4.68. The lowest BCUT2D eigenvalue weighted by Gasteiger charge is -2.28. The van der Waals surface area contributed by atoms with Gasteiger partial charge >= 0.3 is 0 Å². The highest BCUT2D eigenvalue weighted by Gasteiger charge is 2.31. The van der Waals surface area contributed by atoms with Gasteiger partial charge in [0.25, 0.3) is 5.91 Å². The summed E-state index contributed by atoms with van der Waals surface area (Å²) in [6.07, 6.45) is 1.76. The van der Waals surface area contributed by atoms with Crippen LogP contribution >= 0.6 is 15.9 Å². The number of aryl methyl sites for hydroxylation is 2. The van der Waals surface area contributed by atoms with E-state index >= 15 is 0 Å². The number of amides is 1. The lowest BCUT2D eigenvalue weighted by atomic mass is 10.0. The van der Waals surface area contributed by atoms with Gasteiger partial charge in [0.05, 0.1) is 0 Å². The Morgan fingerprint density at radius 2 is 1.62 bits per heavy atom. The van der Waals surface area contributed by atoms with E-state index in [-0.39, 0.29) is 5.91 Å². The standard InChI is InChI=1S/C25H21BrN2O/c26-19-11-12-23-22(17-19)21-14-16-27(20-9-5-2-6-10-20)25(29)24(21)28(23)15-13-18-7-3-1-4-8-18/h1-12,17H,13-16H2. The summed E-state index contributed by atoms with van der Waals surface area (Å²) in [6, 6.07) is 26.8. The molecule has 3 aromatic carbocycles. The molecule has 5 rings (SSSR count). The van der Waals surface area contributed by atoms with Gasteiger partial charge in [0.1, 0.15) is 5.69 Å². The minimum Gasteiger partial charge on any atom is -0.336 e. The molecule has 0 bridgehead atoms. The lowest BCUT2D eigenvalue weighted by Crippen LogP contribution is -2.38. The molecular formula is C25H21BrN2O. The molecule has 4 aromatic rings. The Hall–Kier alpha value is -2.85. The fourth-order valence-electron chi connectivity index (χ4n) is 4.32. The van der Waals surface area contributed by atoms with Crippen LogP contribution in [0.4, 0.5) is 5.69 Å². The van der Waals surface area contributed by atoms with Crippen molar-refractivity contribution in [2.24, 2.45) is 0 Å². The summed E-state index contributed by atoms with van der Waals surface area (Å²) in [4.78, 5) is 15.5. The first-order valence-corrected chi connectivity index (χ1v) is 10.7. The van der Waals surface area contributed by atoms with Gasteiger partial charge in [-0.3, -0.25) is 4.79 Å². The molecule has 0 saturated heterocycles. The molecule has 1 aliphatic heterocycles. The molecule has 2 heterocycles. The van der Waals surface area contributed by atoms with Gasteiger partial charge in [-0.15, -0.1) is 0 Å². The van der Waals surface area contributed by atoms with E-state index in [4.69, 9.17) is 0 Å². The first-order chi connectivity index (χ1) is 14.2. The third-order valence-electron chi connectivity index (χ3n) is 5.70. The summed E-state index contributed by atoms with van der Waals surface area (Å²) in [6.45, 7) is 1.49. The molecule has 3 nitrogen and oxygen atoms in total. The Bertz CT molecular complexity index is 1180. The van der Waals surface area contributed by atoms with Crippen LogP contribution in [0.15, 0.2) is 83.3 Å². The third kappa shape index (κ3) is 3.28. The Morgan fingerprint density at radius 1 is 0.897 bits per heavy atom. The maximum absolute atomic E-state index is 13.6. The van der Waals surface area contributed by atoms with E-state index in [0.717, 1.165) is 40.8 Å². The van der Waals surface area contributed by atoms with Crippen molar-refractivity contribution in [3.05, 3.63) is 100 Å². The van der Waals surface area contributed by atoms with E-state index in [2.05, 4.69) is 63.0 Å². The van der Waals surface area contributed by atoms with E-state index in [1.807, 2.05) is 41.3 Å². The number of benzene rings is 3. The van der Waals surface area contributed by atoms with Crippen LogP contribution in [0.3, 0.4) is 0 Å². The van der Waals surface area contributed by atoms with Crippen molar-refractivity contribution in [3.63, 3.8) is 0 Å². The zero-order chi connectivity index (χ0) is 19.8. The highest BCUT2D eigenvalue weighted by atomic mass is 79.9. The summed E-state index contributed by atoms with van der Waals surface area (Å²) < 4.78 is 3.27. The highest BCUT2D eigenvalue weighted by molar-refractivity contribution is 9.10. The lowest BCUT2D eigenvalue weighted by molar-refractivity contribution is 0.0972. The van der Waals surface area contributed by atoms with E-state index < -0.39 is 0 Å². The Labute approximate surface area is 178 Å². The quantitative estimate of drug-likeness (QED) is 0.387. The summed E-state index contributed by atoms with van der Waals surface area (Å²) >= 11 is 3.60. The minimum atomic E-state index is 0.0952.